The van der Waals surface area contributed by atoms with Gasteiger partial charge in [0.05, 0.1) is 28.0 Å². The molecule has 152 valence electrons. The Morgan fingerprint density at radius 3 is 2.66 bits per heavy atom. The zero-order chi connectivity index (χ0) is 20.4. The monoisotopic (exact) mass is 434 g/mol. The van der Waals surface area contributed by atoms with E-state index in [1.807, 2.05) is 6.07 Å². The van der Waals surface area contributed by atoms with Crippen molar-refractivity contribution < 1.29 is 27.4 Å². The lowest BCUT2D eigenvalue weighted by atomic mass is 10.3. The van der Waals surface area contributed by atoms with Crippen molar-refractivity contribution in [2.75, 3.05) is 25.0 Å². The van der Waals surface area contributed by atoms with Gasteiger partial charge in [-0.1, -0.05) is 11.3 Å². The van der Waals surface area contributed by atoms with Crippen LogP contribution in [-0.4, -0.2) is 39.0 Å². The van der Waals surface area contributed by atoms with Gasteiger partial charge in [-0.15, -0.1) is 0 Å². The molecule has 0 fully saturated rings. The summed E-state index contributed by atoms with van der Waals surface area (Å²) in [6.07, 6.45) is 0.287. The number of nitrogens with zero attached hydrogens (tertiary/aromatic N) is 1. The molecule has 0 radical (unpaired) electrons. The van der Waals surface area contributed by atoms with Gasteiger partial charge in [-0.05, 0) is 30.7 Å². The number of thiazole rings is 1. The Hall–Kier alpha value is -2.85. The molecule has 0 atom stereocenters. The van der Waals surface area contributed by atoms with Gasteiger partial charge in [0.25, 0.3) is 0 Å². The first-order valence-electron chi connectivity index (χ1n) is 8.81. The second-order valence-electron chi connectivity index (χ2n) is 6.34. The fourth-order valence-electron chi connectivity index (χ4n) is 2.88. The fraction of sp³-hybridized carbons (Fsp3) is 0.263. The van der Waals surface area contributed by atoms with Crippen molar-refractivity contribution in [1.82, 2.24) is 4.98 Å². The van der Waals surface area contributed by atoms with Crippen LogP contribution in [0.4, 0.5) is 5.13 Å². The number of fused-ring (bicyclic) bond motifs is 2. The molecule has 1 aromatic heterocycles. The Kier molecular flexibility index (Phi) is 5.29. The van der Waals surface area contributed by atoms with Crippen LogP contribution in [0.25, 0.3) is 10.2 Å². The third-order valence-electron chi connectivity index (χ3n) is 4.36. The van der Waals surface area contributed by atoms with Crippen molar-refractivity contribution in [3.8, 4) is 17.2 Å². The summed E-state index contributed by atoms with van der Waals surface area (Å²) in [6.45, 7) is 0.190. The predicted octanol–water partition coefficient (Wildman–Crippen LogP) is 3.23. The van der Waals surface area contributed by atoms with Crippen molar-refractivity contribution >= 4 is 42.4 Å². The predicted molar refractivity (Wildman–Crippen MR) is 109 cm³/mol. The minimum Gasteiger partial charge on any atom is -0.497 e. The lowest BCUT2D eigenvalue weighted by molar-refractivity contribution is -0.116. The molecule has 3 aromatic rings. The summed E-state index contributed by atoms with van der Waals surface area (Å²) in [5.41, 5.74) is 0.705. The van der Waals surface area contributed by atoms with Crippen molar-refractivity contribution in [3.63, 3.8) is 0 Å². The summed E-state index contributed by atoms with van der Waals surface area (Å²) < 4.78 is 41.3. The summed E-state index contributed by atoms with van der Waals surface area (Å²) in [7, 11) is -1.94. The normalized spacial score (nSPS) is 12.9. The summed E-state index contributed by atoms with van der Waals surface area (Å²) in [6, 6.07) is 9.79. The van der Waals surface area contributed by atoms with Crippen molar-refractivity contribution in [3.05, 3.63) is 36.4 Å². The van der Waals surface area contributed by atoms with E-state index in [0.717, 1.165) is 4.70 Å². The molecule has 1 aliphatic rings. The molecular formula is C19H18N2O6S2. The third kappa shape index (κ3) is 4.28. The van der Waals surface area contributed by atoms with Crippen LogP contribution in [0.15, 0.2) is 41.3 Å². The van der Waals surface area contributed by atoms with Crippen molar-refractivity contribution in [1.29, 1.82) is 0 Å². The van der Waals surface area contributed by atoms with E-state index in [-0.39, 0.29) is 36.2 Å². The number of amides is 1. The minimum absolute atomic E-state index is 0.0774. The van der Waals surface area contributed by atoms with Gasteiger partial charge in [0.2, 0.25) is 12.7 Å². The summed E-state index contributed by atoms with van der Waals surface area (Å²) >= 11 is 1.32. The average Bonchev–Trinajstić information content (AvgIpc) is 3.31. The lowest BCUT2D eigenvalue weighted by Gasteiger charge is -2.06. The smallest absolute Gasteiger partial charge is 0.231 e. The number of sulfone groups is 1. The zero-order valence-electron chi connectivity index (χ0n) is 15.5. The second-order valence-corrected chi connectivity index (χ2v) is 9.48. The van der Waals surface area contributed by atoms with Crippen molar-refractivity contribution in [2.45, 2.75) is 17.7 Å². The Balaban J connectivity index is 1.33. The van der Waals surface area contributed by atoms with E-state index in [1.54, 1.807) is 18.2 Å². The van der Waals surface area contributed by atoms with E-state index < -0.39 is 9.84 Å². The van der Waals surface area contributed by atoms with E-state index in [1.165, 1.54) is 30.6 Å². The maximum Gasteiger partial charge on any atom is 0.231 e. The van der Waals surface area contributed by atoms with Crippen LogP contribution in [0.2, 0.25) is 0 Å². The highest BCUT2D eigenvalue weighted by Gasteiger charge is 2.18. The van der Waals surface area contributed by atoms with Crippen LogP contribution >= 0.6 is 11.3 Å². The van der Waals surface area contributed by atoms with Crippen LogP contribution < -0.4 is 19.5 Å². The highest BCUT2D eigenvalue weighted by atomic mass is 32.2. The first-order chi connectivity index (χ1) is 13.9. The first kappa shape index (κ1) is 19.5. The number of rotatable bonds is 7. The molecule has 2 aromatic carbocycles. The number of anilines is 1. The zero-order valence-corrected chi connectivity index (χ0v) is 17.1. The Morgan fingerprint density at radius 1 is 1.21 bits per heavy atom. The van der Waals surface area contributed by atoms with Gasteiger partial charge in [-0.2, -0.15) is 0 Å². The van der Waals surface area contributed by atoms with Gasteiger partial charge < -0.3 is 19.5 Å². The first-order valence-corrected chi connectivity index (χ1v) is 11.3. The number of nitrogens with one attached hydrogen (secondary N) is 1. The number of hydrogen-bond donors (Lipinski definition) is 1. The molecule has 0 spiro atoms. The van der Waals surface area contributed by atoms with Gasteiger partial charge in [-0.3, -0.25) is 4.79 Å². The number of hydrogen-bond acceptors (Lipinski definition) is 8. The summed E-state index contributed by atoms with van der Waals surface area (Å²) in [4.78, 5) is 16.8. The van der Waals surface area contributed by atoms with Crippen LogP contribution in [0.3, 0.4) is 0 Å². The quantitative estimate of drug-likeness (QED) is 0.609. The maximum absolute atomic E-state index is 12.4. The van der Waals surface area contributed by atoms with Gasteiger partial charge in [-0.25, -0.2) is 13.4 Å². The third-order valence-corrected chi connectivity index (χ3v) is 7.11. The molecule has 0 aliphatic carbocycles. The van der Waals surface area contributed by atoms with Crippen LogP contribution in [-0.2, 0) is 14.6 Å². The standard InChI is InChI=1S/C19H18N2O6S2/c1-25-12-4-6-13(7-5-12)29(23,24)8-2-3-18(22)21-19-20-14-9-15-16(27-11-26-15)10-17(14)28-19/h4-7,9-10H,2-3,8,11H2,1H3,(H,20,21,22). The van der Waals surface area contributed by atoms with E-state index >= 15 is 0 Å². The van der Waals surface area contributed by atoms with E-state index in [9.17, 15) is 13.2 Å². The Bertz CT molecular complexity index is 1110. The van der Waals surface area contributed by atoms with E-state index in [4.69, 9.17) is 14.2 Å². The highest BCUT2D eigenvalue weighted by molar-refractivity contribution is 7.91. The van der Waals surface area contributed by atoms with E-state index in [2.05, 4.69) is 10.3 Å². The van der Waals surface area contributed by atoms with Gasteiger partial charge in [0, 0.05) is 18.6 Å². The topological polar surface area (TPSA) is 104 Å². The average molecular weight is 434 g/mol. The van der Waals surface area contributed by atoms with Crippen LogP contribution in [0, 0.1) is 0 Å². The van der Waals surface area contributed by atoms with Gasteiger partial charge in [0.1, 0.15) is 5.75 Å². The molecule has 29 heavy (non-hydrogen) atoms. The fourth-order valence-corrected chi connectivity index (χ4v) is 5.08. The van der Waals surface area contributed by atoms with Gasteiger partial charge in [0.15, 0.2) is 26.5 Å². The highest BCUT2D eigenvalue weighted by Crippen LogP contribution is 2.38. The Labute approximate surface area is 171 Å². The molecule has 4 rings (SSSR count). The molecule has 2 heterocycles. The number of benzene rings is 2. The van der Waals surface area contributed by atoms with Crippen LogP contribution in [0.5, 0.6) is 17.2 Å². The molecular weight excluding hydrogens is 416 g/mol. The molecule has 8 nitrogen and oxygen atoms in total. The van der Waals surface area contributed by atoms with E-state index in [0.29, 0.717) is 27.9 Å². The number of ether oxygens (including phenoxy) is 3. The van der Waals surface area contributed by atoms with Gasteiger partial charge >= 0.3 is 0 Å². The number of carbonyl (C=O) groups excluding carboxylic acids is 1. The molecule has 1 aliphatic heterocycles. The largest absolute Gasteiger partial charge is 0.497 e. The minimum atomic E-state index is -3.46. The van der Waals surface area contributed by atoms with Crippen LogP contribution in [0.1, 0.15) is 12.8 Å². The number of aromatic nitrogens is 1. The maximum atomic E-state index is 12.4. The Morgan fingerprint density at radius 2 is 1.93 bits per heavy atom. The molecule has 1 amide bonds. The molecule has 0 saturated carbocycles. The number of methoxy groups -OCH3 is 1. The second kappa shape index (κ2) is 7.88. The lowest BCUT2D eigenvalue weighted by Crippen LogP contribution is -2.14. The SMILES string of the molecule is COc1ccc(S(=O)(=O)CCCC(=O)Nc2nc3cc4c(cc3s2)OCO4)cc1. The summed E-state index contributed by atoms with van der Waals surface area (Å²) in [5.74, 6) is 1.47. The molecule has 0 unspecified atom stereocenters. The molecule has 1 N–H and O–H groups in total. The van der Waals surface area contributed by atoms with Crippen molar-refractivity contribution in [2.24, 2.45) is 0 Å². The molecule has 0 bridgehead atoms. The molecule has 0 saturated heterocycles. The molecule has 10 heteroatoms. The summed E-state index contributed by atoms with van der Waals surface area (Å²) in [5, 5.41) is 3.17. The number of carbonyl (C=O) groups is 1.